The molecule has 0 aliphatic rings. The van der Waals surface area contributed by atoms with Crippen molar-refractivity contribution in [2.45, 2.75) is 19.6 Å². The van der Waals surface area contributed by atoms with E-state index in [2.05, 4.69) is 21.6 Å². The van der Waals surface area contributed by atoms with Crippen LogP contribution in [0, 0.1) is 13.8 Å². The molecule has 0 atom stereocenters. The number of benzene rings is 1. The molecule has 7 nitrogen and oxygen atoms in total. The number of pyridine rings is 1. The van der Waals surface area contributed by atoms with Crippen LogP contribution in [0.4, 0.5) is 5.69 Å². The Morgan fingerprint density at radius 3 is 2.53 bits per heavy atom. The lowest BCUT2D eigenvalue weighted by molar-refractivity contribution is 0.102. The van der Waals surface area contributed by atoms with Crippen molar-refractivity contribution in [3.8, 4) is 5.82 Å². The molecule has 2 N–H and O–H groups in total. The highest BCUT2D eigenvalue weighted by Crippen LogP contribution is 2.21. The summed E-state index contributed by atoms with van der Waals surface area (Å²) in [5, 5.41) is 2.86. The summed E-state index contributed by atoms with van der Waals surface area (Å²) in [5.41, 5.74) is 3.46. The fraction of sp³-hybridized carbons (Fsp3) is 0.182. The van der Waals surface area contributed by atoms with Crippen molar-refractivity contribution in [3.63, 3.8) is 0 Å². The van der Waals surface area contributed by atoms with Crippen LogP contribution in [0.2, 0.25) is 0 Å². The SMILES string of the molecule is C=CCNS(=O)(=O)Cc1ccc(NC(=O)c2cc(C)n(-c3ccccn3)c2C)cc1. The number of sulfonamides is 1. The molecule has 8 heteroatoms. The van der Waals surface area contributed by atoms with Gasteiger partial charge in [-0.1, -0.05) is 24.3 Å². The zero-order valence-electron chi connectivity index (χ0n) is 16.9. The smallest absolute Gasteiger partial charge is 0.257 e. The summed E-state index contributed by atoms with van der Waals surface area (Å²) in [6.45, 7) is 7.48. The molecule has 0 aliphatic heterocycles. The van der Waals surface area contributed by atoms with Crippen molar-refractivity contribution in [1.82, 2.24) is 14.3 Å². The predicted octanol–water partition coefficient (Wildman–Crippen LogP) is 3.35. The maximum Gasteiger partial charge on any atom is 0.257 e. The van der Waals surface area contributed by atoms with E-state index in [1.54, 1.807) is 30.5 Å². The fourth-order valence-corrected chi connectivity index (χ4v) is 4.28. The molecular weight excluding hydrogens is 400 g/mol. The van der Waals surface area contributed by atoms with Gasteiger partial charge < -0.3 is 9.88 Å². The van der Waals surface area contributed by atoms with Crippen LogP contribution < -0.4 is 10.0 Å². The van der Waals surface area contributed by atoms with E-state index < -0.39 is 10.0 Å². The molecule has 0 unspecified atom stereocenters. The number of carbonyl (C=O) groups excluding carboxylic acids is 1. The second kappa shape index (κ2) is 9.06. The van der Waals surface area contributed by atoms with Crippen LogP contribution in [0.15, 0.2) is 67.4 Å². The summed E-state index contributed by atoms with van der Waals surface area (Å²) in [6, 6.07) is 14.2. The molecule has 0 bridgehead atoms. The lowest BCUT2D eigenvalue weighted by atomic mass is 10.2. The van der Waals surface area contributed by atoms with E-state index in [-0.39, 0.29) is 18.2 Å². The van der Waals surface area contributed by atoms with Gasteiger partial charge in [-0.15, -0.1) is 6.58 Å². The van der Waals surface area contributed by atoms with Crippen LogP contribution in [0.3, 0.4) is 0 Å². The van der Waals surface area contributed by atoms with E-state index in [0.29, 0.717) is 16.8 Å². The van der Waals surface area contributed by atoms with Gasteiger partial charge in [-0.05, 0) is 49.7 Å². The predicted molar refractivity (Wildman–Crippen MR) is 118 cm³/mol. The minimum Gasteiger partial charge on any atom is -0.322 e. The van der Waals surface area contributed by atoms with Crippen LogP contribution in [-0.2, 0) is 15.8 Å². The zero-order valence-corrected chi connectivity index (χ0v) is 17.7. The standard InChI is InChI=1S/C22H24N4O3S/c1-4-12-24-30(28,29)15-18-8-10-19(11-9-18)25-22(27)20-14-16(2)26(17(20)3)21-7-5-6-13-23-21/h4-11,13-14,24H,1,12,15H2,2-3H3,(H,25,27). The molecule has 156 valence electrons. The molecule has 0 fully saturated rings. The van der Waals surface area contributed by atoms with Gasteiger partial charge in [0.25, 0.3) is 5.91 Å². The zero-order chi connectivity index (χ0) is 21.7. The molecule has 0 radical (unpaired) electrons. The number of nitrogens with one attached hydrogen (secondary N) is 2. The maximum absolute atomic E-state index is 12.8. The van der Waals surface area contributed by atoms with Gasteiger partial charge in [0.1, 0.15) is 5.82 Å². The second-order valence-corrected chi connectivity index (χ2v) is 8.66. The number of rotatable bonds is 8. The van der Waals surface area contributed by atoms with Crippen molar-refractivity contribution in [1.29, 1.82) is 0 Å². The van der Waals surface area contributed by atoms with Gasteiger partial charge in [0.2, 0.25) is 10.0 Å². The first-order valence-electron chi connectivity index (χ1n) is 9.39. The highest BCUT2D eigenvalue weighted by Gasteiger charge is 2.17. The summed E-state index contributed by atoms with van der Waals surface area (Å²) in [5.74, 6) is 0.376. The summed E-state index contributed by atoms with van der Waals surface area (Å²) in [6.07, 6.45) is 3.20. The Morgan fingerprint density at radius 1 is 1.17 bits per heavy atom. The minimum atomic E-state index is -3.43. The molecule has 2 heterocycles. The Labute approximate surface area is 176 Å². The van der Waals surface area contributed by atoms with Gasteiger partial charge in [-0.3, -0.25) is 4.79 Å². The van der Waals surface area contributed by atoms with Gasteiger partial charge in [-0.25, -0.2) is 18.1 Å². The summed E-state index contributed by atoms with van der Waals surface area (Å²) >= 11 is 0. The first-order valence-corrected chi connectivity index (χ1v) is 11.0. The van der Waals surface area contributed by atoms with E-state index in [0.717, 1.165) is 17.2 Å². The van der Waals surface area contributed by atoms with Gasteiger partial charge >= 0.3 is 0 Å². The lowest BCUT2D eigenvalue weighted by Crippen LogP contribution is -2.25. The van der Waals surface area contributed by atoms with Gasteiger partial charge in [-0.2, -0.15) is 0 Å². The van der Waals surface area contributed by atoms with E-state index in [1.165, 1.54) is 6.08 Å². The van der Waals surface area contributed by atoms with E-state index >= 15 is 0 Å². The van der Waals surface area contributed by atoms with Crippen molar-refractivity contribution in [3.05, 3.63) is 89.9 Å². The maximum atomic E-state index is 12.8. The highest BCUT2D eigenvalue weighted by atomic mass is 32.2. The largest absolute Gasteiger partial charge is 0.322 e. The number of hydrogen-bond donors (Lipinski definition) is 2. The normalized spacial score (nSPS) is 11.3. The molecule has 1 aromatic carbocycles. The number of nitrogens with zero attached hydrogens (tertiary/aromatic N) is 2. The number of carbonyl (C=O) groups is 1. The first-order chi connectivity index (χ1) is 14.3. The van der Waals surface area contributed by atoms with Crippen molar-refractivity contribution >= 4 is 21.6 Å². The number of aromatic nitrogens is 2. The molecule has 30 heavy (non-hydrogen) atoms. The summed E-state index contributed by atoms with van der Waals surface area (Å²) in [7, 11) is -3.43. The second-order valence-electron chi connectivity index (χ2n) is 6.86. The average molecular weight is 425 g/mol. The van der Waals surface area contributed by atoms with Gasteiger partial charge in [0.05, 0.1) is 11.3 Å². The number of amides is 1. The molecule has 0 aliphatic carbocycles. The Kier molecular flexibility index (Phi) is 6.49. The third-order valence-electron chi connectivity index (χ3n) is 4.57. The van der Waals surface area contributed by atoms with Crippen LogP contribution in [0.5, 0.6) is 0 Å². The fourth-order valence-electron chi connectivity index (χ4n) is 3.17. The van der Waals surface area contributed by atoms with Crippen LogP contribution in [0.25, 0.3) is 5.82 Å². The van der Waals surface area contributed by atoms with Crippen molar-refractivity contribution in [2.75, 3.05) is 11.9 Å². The van der Waals surface area contributed by atoms with Crippen LogP contribution >= 0.6 is 0 Å². The first kappa shape index (κ1) is 21.5. The average Bonchev–Trinajstić information content (AvgIpc) is 3.02. The molecule has 1 amide bonds. The molecule has 2 aromatic heterocycles. The third kappa shape index (κ3) is 5.03. The number of hydrogen-bond acceptors (Lipinski definition) is 4. The van der Waals surface area contributed by atoms with E-state index in [1.807, 2.05) is 42.7 Å². The Morgan fingerprint density at radius 2 is 1.90 bits per heavy atom. The molecule has 3 aromatic rings. The van der Waals surface area contributed by atoms with E-state index in [4.69, 9.17) is 0 Å². The summed E-state index contributed by atoms with van der Waals surface area (Å²) < 4.78 is 28.3. The Bertz CT molecular complexity index is 1150. The molecule has 3 rings (SSSR count). The van der Waals surface area contributed by atoms with Crippen molar-refractivity contribution < 1.29 is 13.2 Å². The highest BCUT2D eigenvalue weighted by molar-refractivity contribution is 7.88. The topological polar surface area (TPSA) is 93.1 Å². The van der Waals surface area contributed by atoms with Crippen LogP contribution in [-0.4, -0.2) is 30.4 Å². The third-order valence-corrected chi connectivity index (χ3v) is 5.89. The Balaban J connectivity index is 1.73. The molecule has 0 saturated carbocycles. The monoisotopic (exact) mass is 424 g/mol. The van der Waals surface area contributed by atoms with Gasteiger partial charge in [0.15, 0.2) is 0 Å². The molecule has 0 spiro atoms. The molecular formula is C22H24N4O3S. The minimum absolute atomic E-state index is 0.139. The van der Waals surface area contributed by atoms with E-state index in [9.17, 15) is 13.2 Å². The quantitative estimate of drug-likeness (QED) is 0.543. The Hall–Kier alpha value is -3.23. The number of aryl methyl sites for hydroxylation is 1. The summed E-state index contributed by atoms with van der Waals surface area (Å²) in [4.78, 5) is 17.2. The number of anilines is 1. The molecule has 0 saturated heterocycles. The van der Waals surface area contributed by atoms with Crippen molar-refractivity contribution in [2.24, 2.45) is 0 Å². The van der Waals surface area contributed by atoms with Gasteiger partial charge in [0, 0.05) is 29.8 Å². The van der Waals surface area contributed by atoms with Crippen LogP contribution in [0.1, 0.15) is 27.3 Å². The lowest BCUT2D eigenvalue weighted by Gasteiger charge is -2.09.